The summed E-state index contributed by atoms with van der Waals surface area (Å²) in [6.45, 7) is 1.38. The summed E-state index contributed by atoms with van der Waals surface area (Å²) in [5.41, 5.74) is 3.98. The fraction of sp³-hybridized carbons (Fsp3) is 0.348. The smallest absolute Gasteiger partial charge is 0.251 e. The van der Waals surface area contributed by atoms with Crippen LogP contribution in [0.4, 0.5) is 0 Å². The minimum absolute atomic E-state index is 0.0340. The molecule has 0 fully saturated rings. The van der Waals surface area contributed by atoms with E-state index in [-0.39, 0.29) is 11.9 Å². The molecule has 1 aliphatic rings. The number of aryl methyl sites for hydroxylation is 1. The molecule has 4 rings (SSSR count). The fourth-order valence-electron chi connectivity index (χ4n) is 4.03. The molecule has 0 saturated heterocycles. The van der Waals surface area contributed by atoms with E-state index < -0.39 is 0 Å². The van der Waals surface area contributed by atoms with Crippen molar-refractivity contribution in [3.63, 3.8) is 0 Å². The van der Waals surface area contributed by atoms with Gasteiger partial charge >= 0.3 is 0 Å². The number of benzene rings is 2. The summed E-state index contributed by atoms with van der Waals surface area (Å²) in [5.74, 6) is 1.34. The van der Waals surface area contributed by atoms with Crippen LogP contribution in [0.1, 0.15) is 33.9 Å². The maximum absolute atomic E-state index is 13.0. The maximum atomic E-state index is 13.0. The van der Waals surface area contributed by atoms with E-state index in [0.29, 0.717) is 17.9 Å². The Balaban J connectivity index is 1.56. The van der Waals surface area contributed by atoms with Gasteiger partial charge in [-0.25, -0.2) is 0 Å². The van der Waals surface area contributed by atoms with E-state index in [4.69, 9.17) is 14.2 Å². The quantitative estimate of drug-likeness (QED) is 0.663. The van der Waals surface area contributed by atoms with Crippen LogP contribution in [-0.4, -0.2) is 38.4 Å². The molecule has 6 nitrogen and oxygen atoms in total. The van der Waals surface area contributed by atoms with E-state index in [9.17, 15) is 4.79 Å². The average molecular weight is 394 g/mol. The molecule has 2 aromatic carbocycles. The van der Waals surface area contributed by atoms with Crippen molar-refractivity contribution in [1.82, 2.24) is 9.88 Å². The second kappa shape index (κ2) is 8.17. The normalized spacial score (nSPS) is 15.3. The van der Waals surface area contributed by atoms with Gasteiger partial charge in [-0.2, -0.15) is 0 Å². The van der Waals surface area contributed by atoms with Crippen molar-refractivity contribution >= 4 is 16.8 Å². The zero-order chi connectivity index (χ0) is 20.4. The summed E-state index contributed by atoms with van der Waals surface area (Å²) < 4.78 is 18.1. The molecule has 1 heterocycles. The molecule has 0 saturated carbocycles. The van der Waals surface area contributed by atoms with Gasteiger partial charge in [0.25, 0.3) is 5.91 Å². The topological polar surface area (TPSA) is 61.7 Å². The first-order valence-corrected chi connectivity index (χ1v) is 9.78. The van der Waals surface area contributed by atoms with Gasteiger partial charge in [0.1, 0.15) is 0 Å². The van der Waals surface area contributed by atoms with Crippen LogP contribution in [0, 0.1) is 0 Å². The van der Waals surface area contributed by atoms with Crippen LogP contribution >= 0.6 is 0 Å². The van der Waals surface area contributed by atoms with Gasteiger partial charge in [0.2, 0.25) is 0 Å². The predicted octanol–water partition coefficient (Wildman–Crippen LogP) is 3.72. The highest BCUT2D eigenvalue weighted by atomic mass is 16.5. The van der Waals surface area contributed by atoms with Crippen LogP contribution in [0.5, 0.6) is 11.5 Å². The van der Waals surface area contributed by atoms with Gasteiger partial charge in [0, 0.05) is 30.9 Å². The number of methoxy groups -OCH3 is 3. The molecule has 6 heteroatoms. The first-order chi connectivity index (χ1) is 14.1. The fourth-order valence-corrected chi connectivity index (χ4v) is 4.03. The summed E-state index contributed by atoms with van der Waals surface area (Å²) in [6.07, 6.45) is 3.79. The van der Waals surface area contributed by atoms with Crippen molar-refractivity contribution in [1.29, 1.82) is 0 Å². The number of nitrogens with zero attached hydrogens (tertiary/aromatic N) is 1. The second-order valence-corrected chi connectivity index (χ2v) is 7.25. The number of aromatic nitrogens is 1. The number of fused-ring (bicyclic) bond motifs is 2. The van der Waals surface area contributed by atoms with E-state index in [1.54, 1.807) is 21.3 Å². The third-order valence-corrected chi connectivity index (χ3v) is 5.60. The maximum Gasteiger partial charge on any atom is 0.251 e. The Morgan fingerprint density at radius 1 is 1.10 bits per heavy atom. The highest BCUT2D eigenvalue weighted by molar-refractivity contribution is 5.98. The number of hydrogen-bond acceptors (Lipinski definition) is 4. The number of ether oxygens (including phenoxy) is 3. The van der Waals surface area contributed by atoms with E-state index >= 15 is 0 Å². The van der Waals surface area contributed by atoms with Crippen LogP contribution in [-0.2, 0) is 17.7 Å². The molecule has 29 heavy (non-hydrogen) atoms. The van der Waals surface area contributed by atoms with Crippen LogP contribution in [0.3, 0.4) is 0 Å². The molecule has 0 aliphatic heterocycles. The Labute approximate surface area is 170 Å². The van der Waals surface area contributed by atoms with Gasteiger partial charge in [-0.15, -0.1) is 0 Å². The number of carbonyl (C=O) groups excluding carboxylic acids is 1. The molecule has 0 unspecified atom stereocenters. The monoisotopic (exact) mass is 394 g/mol. The first-order valence-electron chi connectivity index (χ1n) is 9.78. The Kier molecular flexibility index (Phi) is 5.45. The molecule has 1 atom stereocenters. The molecule has 0 radical (unpaired) electrons. The summed E-state index contributed by atoms with van der Waals surface area (Å²) in [5, 5.41) is 4.30. The zero-order valence-electron chi connectivity index (χ0n) is 17.0. The van der Waals surface area contributed by atoms with Crippen LogP contribution in [0.15, 0.2) is 42.6 Å². The third-order valence-electron chi connectivity index (χ3n) is 5.60. The largest absolute Gasteiger partial charge is 0.493 e. The van der Waals surface area contributed by atoms with E-state index in [0.717, 1.165) is 41.6 Å². The highest BCUT2D eigenvalue weighted by Crippen LogP contribution is 2.39. The first kappa shape index (κ1) is 19.3. The minimum atomic E-state index is -0.0703. The lowest BCUT2D eigenvalue weighted by molar-refractivity contribution is 0.0937. The van der Waals surface area contributed by atoms with Crippen molar-refractivity contribution < 1.29 is 19.0 Å². The predicted molar refractivity (Wildman–Crippen MR) is 112 cm³/mol. The van der Waals surface area contributed by atoms with Crippen LogP contribution in [0.2, 0.25) is 0 Å². The van der Waals surface area contributed by atoms with Crippen molar-refractivity contribution in [3.05, 3.63) is 59.3 Å². The molecule has 1 amide bonds. The summed E-state index contributed by atoms with van der Waals surface area (Å²) in [6, 6.07) is 11.8. The Morgan fingerprint density at radius 2 is 1.90 bits per heavy atom. The molecule has 1 aromatic heterocycles. The number of carbonyl (C=O) groups is 1. The van der Waals surface area contributed by atoms with Crippen molar-refractivity contribution in [2.24, 2.45) is 0 Å². The number of amides is 1. The zero-order valence-corrected chi connectivity index (χ0v) is 17.0. The lowest BCUT2D eigenvalue weighted by atomic mass is 10.1. The van der Waals surface area contributed by atoms with E-state index in [1.165, 1.54) is 5.56 Å². The highest BCUT2D eigenvalue weighted by Gasteiger charge is 2.26. The third kappa shape index (κ3) is 3.68. The SMILES string of the molecule is COCCn1ccc2ccc(C(=O)N[C@H]3CCc4cc(OC)c(OC)cc43)cc21. The molecule has 1 N–H and O–H groups in total. The van der Waals surface area contributed by atoms with Gasteiger partial charge in [-0.05, 0) is 59.7 Å². The van der Waals surface area contributed by atoms with Gasteiger partial charge in [0.05, 0.1) is 26.9 Å². The van der Waals surface area contributed by atoms with E-state index in [2.05, 4.69) is 16.0 Å². The van der Waals surface area contributed by atoms with Crippen molar-refractivity contribution in [2.45, 2.75) is 25.4 Å². The lowest BCUT2D eigenvalue weighted by Crippen LogP contribution is -2.27. The van der Waals surface area contributed by atoms with Gasteiger partial charge in [0.15, 0.2) is 11.5 Å². The molecular formula is C23H26N2O4. The van der Waals surface area contributed by atoms with Crippen LogP contribution < -0.4 is 14.8 Å². The number of nitrogens with one attached hydrogen (secondary N) is 1. The Bertz CT molecular complexity index is 1040. The molecule has 3 aromatic rings. The minimum Gasteiger partial charge on any atom is -0.493 e. The molecule has 0 spiro atoms. The van der Waals surface area contributed by atoms with Gasteiger partial charge < -0.3 is 24.1 Å². The summed E-state index contributed by atoms with van der Waals surface area (Å²) in [7, 11) is 4.95. The Hall–Kier alpha value is -2.99. The van der Waals surface area contributed by atoms with Gasteiger partial charge in [-0.3, -0.25) is 4.79 Å². The molecule has 1 aliphatic carbocycles. The second-order valence-electron chi connectivity index (χ2n) is 7.25. The van der Waals surface area contributed by atoms with Crippen molar-refractivity contribution in [2.75, 3.05) is 27.9 Å². The molecule has 152 valence electrons. The lowest BCUT2D eigenvalue weighted by Gasteiger charge is -2.16. The molecule has 0 bridgehead atoms. The molecular weight excluding hydrogens is 368 g/mol. The number of hydrogen-bond donors (Lipinski definition) is 1. The van der Waals surface area contributed by atoms with E-state index in [1.807, 2.05) is 36.5 Å². The summed E-state index contributed by atoms with van der Waals surface area (Å²) >= 11 is 0. The van der Waals surface area contributed by atoms with Crippen LogP contribution in [0.25, 0.3) is 10.9 Å². The number of rotatable bonds is 7. The van der Waals surface area contributed by atoms with Crippen molar-refractivity contribution in [3.8, 4) is 11.5 Å². The Morgan fingerprint density at radius 3 is 2.66 bits per heavy atom. The summed E-state index contributed by atoms with van der Waals surface area (Å²) in [4.78, 5) is 13.0. The standard InChI is InChI=1S/C23H26N2O4/c1-27-11-10-25-9-8-15-4-5-17(12-20(15)25)23(26)24-19-7-6-16-13-21(28-2)22(29-3)14-18(16)19/h4-5,8-9,12-14,19H,6-7,10-11H2,1-3H3,(H,24,26)/t19-/m0/s1. The average Bonchev–Trinajstić information content (AvgIpc) is 3.34. The van der Waals surface area contributed by atoms with Gasteiger partial charge in [-0.1, -0.05) is 6.07 Å².